The SMILES string of the molecule is Cc1ccc(C(=O)CCC(=O)OCC(=O)c2ccc3c(c2)CCCC3)cc1. The van der Waals surface area contributed by atoms with Crippen LogP contribution in [-0.4, -0.2) is 24.1 Å². The zero-order valence-corrected chi connectivity index (χ0v) is 15.6. The molecule has 0 unspecified atom stereocenters. The summed E-state index contributed by atoms with van der Waals surface area (Å²) in [6.07, 6.45) is 4.46. The molecule has 0 heterocycles. The van der Waals surface area contributed by atoms with Crippen molar-refractivity contribution in [2.24, 2.45) is 0 Å². The predicted molar refractivity (Wildman–Crippen MR) is 103 cm³/mol. The van der Waals surface area contributed by atoms with E-state index in [1.165, 1.54) is 17.5 Å². The Kier molecular flexibility index (Phi) is 6.17. The molecular formula is C23H24O4. The van der Waals surface area contributed by atoms with Crippen molar-refractivity contribution in [1.29, 1.82) is 0 Å². The number of rotatable bonds is 7. The monoisotopic (exact) mass is 364 g/mol. The van der Waals surface area contributed by atoms with Crippen LogP contribution >= 0.6 is 0 Å². The first-order valence-corrected chi connectivity index (χ1v) is 9.43. The molecule has 1 aliphatic rings. The molecule has 4 nitrogen and oxygen atoms in total. The fourth-order valence-corrected chi connectivity index (χ4v) is 3.31. The van der Waals surface area contributed by atoms with E-state index in [9.17, 15) is 14.4 Å². The smallest absolute Gasteiger partial charge is 0.306 e. The Morgan fingerprint density at radius 3 is 2.22 bits per heavy atom. The van der Waals surface area contributed by atoms with Crippen LogP contribution in [0.25, 0.3) is 0 Å². The predicted octanol–water partition coefficient (Wildman–Crippen LogP) is 4.26. The van der Waals surface area contributed by atoms with Gasteiger partial charge in [-0.1, -0.05) is 42.0 Å². The van der Waals surface area contributed by atoms with Crippen molar-refractivity contribution in [3.05, 3.63) is 70.3 Å². The lowest BCUT2D eigenvalue weighted by Crippen LogP contribution is -2.16. The van der Waals surface area contributed by atoms with E-state index >= 15 is 0 Å². The summed E-state index contributed by atoms with van der Waals surface area (Å²) in [5.41, 5.74) is 4.77. The highest BCUT2D eigenvalue weighted by Gasteiger charge is 2.15. The first-order chi connectivity index (χ1) is 13.0. The normalized spacial score (nSPS) is 12.9. The van der Waals surface area contributed by atoms with Crippen LogP contribution in [0, 0.1) is 6.92 Å². The fourth-order valence-electron chi connectivity index (χ4n) is 3.31. The molecule has 140 valence electrons. The van der Waals surface area contributed by atoms with E-state index in [2.05, 4.69) is 0 Å². The maximum absolute atomic E-state index is 12.3. The molecule has 2 aromatic rings. The summed E-state index contributed by atoms with van der Waals surface area (Å²) in [6.45, 7) is 1.67. The molecule has 0 saturated carbocycles. The lowest BCUT2D eigenvalue weighted by Gasteiger charge is -2.16. The number of ketones is 2. The average molecular weight is 364 g/mol. The topological polar surface area (TPSA) is 60.4 Å². The van der Waals surface area contributed by atoms with E-state index in [0.29, 0.717) is 11.1 Å². The van der Waals surface area contributed by atoms with Crippen LogP contribution in [-0.2, 0) is 22.4 Å². The van der Waals surface area contributed by atoms with Crippen molar-refractivity contribution < 1.29 is 19.1 Å². The summed E-state index contributed by atoms with van der Waals surface area (Å²) in [5.74, 6) is -0.837. The van der Waals surface area contributed by atoms with E-state index < -0.39 is 5.97 Å². The van der Waals surface area contributed by atoms with Gasteiger partial charge in [-0.3, -0.25) is 14.4 Å². The number of Topliss-reactive ketones (excluding diaryl/α,β-unsaturated/α-hetero) is 2. The molecule has 3 rings (SSSR count). The number of carbonyl (C=O) groups excluding carboxylic acids is 3. The number of aryl methyl sites for hydroxylation is 3. The van der Waals surface area contributed by atoms with E-state index in [0.717, 1.165) is 24.8 Å². The summed E-state index contributed by atoms with van der Waals surface area (Å²) < 4.78 is 5.07. The van der Waals surface area contributed by atoms with Crippen LogP contribution in [0.15, 0.2) is 42.5 Å². The Balaban J connectivity index is 1.46. The third-order valence-electron chi connectivity index (χ3n) is 4.96. The van der Waals surface area contributed by atoms with Crippen LogP contribution in [0.4, 0.5) is 0 Å². The lowest BCUT2D eigenvalue weighted by molar-refractivity contribution is -0.142. The minimum atomic E-state index is -0.526. The molecule has 0 fully saturated rings. The fraction of sp³-hybridized carbons (Fsp3) is 0.348. The number of hydrogen-bond acceptors (Lipinski definition) is 4. The van der Waals surface area contributed by atoms with Crippen molar-refractivity contribution >= 4 is 17.5 Å². The van der Waals surface area contributed by atoms with Crippen LogP contribution < -0.4 is 0 Å². The highest BCUT2D eigenvalue weighted by Crippen LogP contribution is 2.22. The minimum Gasteiger partial charge on any atom is -0.457 e. The molecule has 0 amide bonds. The lowest BCUT2D eigenvalue weighted by atomic mass is 9.90. The first-order valence-electron chi connectivity index (χ1n) is 9.43. The standard InChI is InChI=1S/C23H24O4/c1-16-6-8-18(9-7-16)21(24)12-13-23(26)27-15-22(25)20-11-10-17-4-2-3-5-19(17)14-20/h6-11,14H,2-5,12-13,15H2,1H3. The van der Waals surface area contributed by atoms with Crippen LogP contribution in [0.1, 0.15) is 63.1 Å². The van der Waals surface area contributed by atoms with Crippen molar-refractivity contribution in [3.63, 3.8) is 0 Å². The zero-order chi connectivity index (χ0) is 19.2. The van der Waals surface area contributed by atoms with Gasteiger partial charge in [0.15, 0.2) is 18.2 Å². The Hall–Kier alpha value is -2.75. The number of hydrogen-bond donors (Lipinski definition) is 0. The van der Waals surface area contributed by atoms with Gasteiger partial charge < -0.3 is 4.74 Å². The van der Waals surface area contributed by atoms with Gasteiger partial charge in [0.25, 0.3) is 0 Å². The van der Waals surface area contributed by atoms with Gasteiger partial charge in [0, 0.05) is 17.5 Å². The molecular weight excluding hydrogens is 340 g/mol. The highest BCUT2D eigenvalue weighted by molar-refractivity contribution is 5.99. The molecule has 4 heteroatoms. The second-order valence-electron chi connectivity index (χ2n) is 7.06. The Morgan fingerprint density at radius 2 is 1.48 bits per heavy atom. The van der Waals surface area contributed by atoms with E-state index in [-0.39, 0.29) is 31.0 Å². The van der Waals surface area contributed by atoms with Gasteiger partial charge in [0.05, 0.1) is 6.42 Å². The third kappa shape index (κ3) is 5.13. The van der Waals surface area contributed by atoms with Gasteiger partial charge in [-0.2, -0.15) is 0 Å². The van der Waals surface area contributed by atoms with Crippen molar-refractivity contribution in [2.45, 2.75) is 45.4 Å². The van der Waals surface area contributed by atoms with E-state index in [4.69, 9.17) is 4.74 Å². The molecule has 27 heavy (non-hydrogen) atoms. The first kappa shape index (κ1) is 19.0. The van der Waals surface area contributed by atoms with Gasteiger partial charge in [0.2, 0.25) is 0 Å². The van der Waals surface area contributed by atoms with E-state index in [1.54, 1.807) is 18.2 Å². The molecule has 0 atom stereocenters. The van der Waals surface area contributed by atoms with Crippen molar-refractivity contribution in [2.75, 3.05) is 6.61 Å². The summed E-state index contributed by atoms with van der Waals surface area (Å²) in [5, 5.41) is 0. The number of ether oxygens (including phenoxy) is 1. The molecule has 2 aromatic carbocycles. The Morgan fingerprint density at radius 1 is 0.815 bits per heavy atom. The van der Waals surface area contributed by atoms with Gasteiger partial charge in [0.1, 0.15) is 0 Å². The molecule has 0 aromatic heterocycles. The highest BCUT2D eigenvalue weighted by atomic mass is 16.5. The molecule has 0 radical (unpaired) electrons. The van der Waals surface area contributed by atoms with Crippen LogP contribution in [0.5, 0.6) is 0 Å². The van der Waals surface area contributed by atoms with Gasteiger partial charge >= 0.3 is 5.97 Å². The number of esters is 1. The summed E-state index contributed by atoms with van der Waals surface area (Å²) in [4.78, 5) is 36.2. The molecule has 0 N–H and O–H groups in total. The molecule has 0 aliphatic heterocycles. The Labute approximate surface area is 159 Å². The quantitative estimate of drug-likeness (QED) is 0.544. The molecule has 1 aliphatic carbocycles. The summed E-state index contributed by atoms with van der Waals surface area (Å²) >= 11 is 0. The number of benzene rings is 2. The van der Waals surface area contributed by atoms with Crippen molar-refractivity contribution in [3.8, 4) is 0 Å². The molecule has 0 bridgehead atoms. The minimum absolute atomic E-state index is 0.0236. The maximum atomic E-state index is 12.3. The Bertz CT molecular complexity index is 849. The second-order valence-corrected chi connectivity index (χ2v) is 7.06. The number of carbonyl (C=O) groups is 3. The summed E-state index contributed by atoms with van der Waals surface area (Å²) in [6, 6.07) is 13.0. The summed E-state index contributed by atoms with van der Waals surface area (Å²) in [7, 11) is 0. The molecule has 0 saturated heterocycles. The second kappa shape index (κ2) is 8.76. The zero-order valence-electron chi connectivity index (χ0n) is 15.6. The van der Waals surface area contributed by atoms with Gasteiger partial charge in [-0.15, -0.1) is 0 Å². The van der Waals surface area contributed by atoms with Crippen molar-refractivity contribution in [1.82, 2.24) is 0 Å². The van der Waals surface area contributed by atoms with E-state index in [1.807, 2.05) is 31.2 Å². The van der Waals surface area contributed by atoms with Crippen LogP contribution in [0.3, 0.4) is 0 Å². The maximum Gasteiger partial charge on any atom is 0.306 e. The van der Waals surface area contributed by atoms with Gasteiger partial charge in [-0.25, -0.2) is 0 Å². The largest absolute Gasteiger partial charge is 0.457 e. The number of fused-ring (bicyclic) bond motifs is 1. The van der Waals surface area contributed by atoms with Crippen LogP contribution in [0.2, 0.25) is 0 Å². The molecule has 0 spiro atoms. The third-order valence-corrected chi connectivity index (χ3v) is 4.96. The van der Waals surface area contributed by atoms with Gasteiger partial charge in [-0.05, 0) is 49.8 Å². The average Bonchev–Trinajstić information content (AvgIpc) is 2.70.